The van der Waals surface area contributed by atoms with Gasteiger partial charge in [-0.3, -0.25) is 9.69 Å². The van der Waals surface area contributed by atoms with E-state index in [2.05, 4.69) is 27.9 Å². The number of carboxylic acid groups (broad SMARTS) is 1. The average molecular weight is 522 g/mol. The number of benzene rings is 2. The molecule has 8 heteroatoms. The molecule has 2 amide bonds. The van der Waals surface area contributed by atoms with Crippen LogP contribution in [0.5, 0.6) is 0 Å². The maximum Gasteiger partial charge on any atom is 0.410 e. The number of carboxylic acids is 1. The molecule has 0 unspecified atom stereocenters. The molecule has 0 bridgehead atoms. The molecule has 0 radical (unpaired) electrons. The van der Waals surface area contributed by atoms with Crippen LogP contribution in [0.3, 0.4) is 0 Å². The van der Waals surface area contributed by atoms with Gasteiger partial charge in [0, 0.05) is 16.5 Å². The van der Waals surface area contributed by atoms with Crippen LogP contribution >= 0.6 is 22.6 Å². The molecule has 2 atom stereocenters. The van der Waals surface area contributed by atoms with Crippen LogP contribution < -0.4 is 5.32 Å². The fourth-order valence-electron chi connectivity index (χ4n) is 3.43. The molecule has 2 aromatic carbocycles. The van der Waals surface area contributed by atoms with Gasteiger partial charge in [0.1, 0.15) is 18.7 Å². The van der Waals surface area contributed by atoms with Crippen molar-refractivity contribution in [2.45, 2.75) is 38.0 Å². The lowest BCUT2D eigenvalue weighted by Crippen LogP contribution is -2.51. The van der Waals surface area contributed by atoms with Crippen molar-refractivity contribution in [3.63, 3.8) is 0 Å². The third kappa shape index (κ3) is 5.94. The number of rotatable bonds is 7. The molecule has 1 fully saturated rings. The van der Waals surface area contributed by atoms with Crippen LogP contribution in [0.15, 0.2) is 54.6 Å². The molecular formula is C22H23IN2O5. The normalized spacial score (nSPS) is 16.7. The van der Waals surface area contributed by atoms with Crippen LogP contribution in [-0.4, -0.2) is 46.6 Å². The van der Waals surface area contributed by atoms with E-state index in [0.29, 0.717) is 19.4 Å². The summed E-state index contributed by atoms with van der Waals surface area (Å²) in [4.78, 5) is 38.3. The Bertz CT molecular complexity index is 905. The number of likely N-dealkylation sites (tertiary alicyclic amines) is 1. The van der Waals surface area contributed by atoms with Crippen LogP contribution in [0.1, 0.15) is 24.0 Å². The summed E-state index contributed by atoms with van der Waals surface area (Å²) in [6, 6.07) is 15.0. The Morgan fingerprint density at radius 2 is 1.87 bits per heavy atom. The second kappa shape index (κ2) is 10.4. The van der Waals surface area contributed by atoms with E-state index in [0.717, 1.165) is 14.7 Å². The van der Waals surface area contributed by atoms with E-state index in [1.54, 1.807) is 0 Å². The molecule has 1 heterocycles. The van der Waals surface area contributed by atoms with Crippen LogP contribution in [0.4, 0.5) is 4.79 Å². The largest absolute Gasteiger partial charge is 0.480 e. The lowest BCUT2D eigenvalue weighted by Gasteiger charge is -2.25. The molecule has 158 valence electrons. The van der Waals surface area contributed by atoms with Crippen molar-refractivity contribution in [3.8, 4) is 0 Å². The van der Waals surface area contributed by atoms with Crippen LogP contribution in [0, 0.1) is 3.57 Å². The number of nitrogens with zero attached hydrogens (tertiary/aromatic N) is 1. The summed E-state index contributed by atoms with van der Waals surface area (Å²) in [7, 11) is 0. The second-order valence-electron chi connectivity index (χ2n) is 7.13. The quantitative estimate of drug-likeness (QED) is 0.545. The van der Waals surface area contributed by atoms with E-state index in [-0.39, 0.29) is 13.0 Å². The van der Waals surface area contributed by atoms with Crippen molar-refractivity contribution >= 4 is 40.6 Å². The Morgan fingerprint density at radius 3 is 2.57 bits per heavy atom. The lowest BCUT2D eigenvalue weighted by atomic mass is 10.1. The molecule has 2 aromatic rings. The highest BCUT2D eigenvalue weighted by atomic mass is 127. The highest BCUT2D eigenvalue weighted by Crippen LogP contribution is 2.20. The molecule has 1 saturated heterocycles. The van der Waals surface area contributed by atoms with Gasteiger partial charge in [0.25, 0.3) is 0 Å². The lowest BCUT2D eigenvalue weighted by molar-refractivity contribution is -0.142. The van der Waals surface area contributed by atoms with Crippen molar-refractivity contribution in [1.29, 1.82) is 0 Å². The summed E-state index contributed by atoms with van der Waals surface area (Å²) >= 11 is 2.15. The summed E-state index contributed by atoms with van der Waals surface area (Å²) < 4.78 is 6.33. The fourth-order valence-corrected chi connectivity index (χ4v) is 4.04. The van der Waals surface area contributed by atoms with Gasteiger partial charge in [0.15, 0.2) is 0 Å². The number of nitrogens with one attached hydrogen (secondary N) is 1. The summed E-state index contributed by atoms with van der Waals surface area (Å²) in [5.74, 6) is -1.58. The molecular weight excluding hydrogens is 499 g/mol. The summed E-state index contributed by atoms with van der Waals surface area (Å²) in [6.45, 7) is 0.523. The Labute approximate surface area is 188 Å². The molecule has 0 aromatic heterocycles. The Hall–Kier alpha value is -2.62. The van der Waals surface area contributed by atoms with E-state index in [1.165, 1.54) is 4.90 Å². The maximum absolute atomic E-state index is 12.8. The molecule has 0 spiro atoms. The monoisotopic (exact) mass is 522 g/mol. The zero-order valence-corrected chi connectivity index (χ0v) is 18.4. The first-order valence-electron chi connectivity index (χ1n) is 9.69. The number of carbonyl (C=O) groups excluding carboxylic acids is 2. The van der Waals surface area contributed by atoms with Gasteiger partial charge in [0.2, 0.25) is 5.91 Å². The fraction of sp³-hybridized carbons (Fsp3) is 0.318. The van der Waals surface area contributed by atoms with E-state index in [1.807, 2.05) is 54.6 Å². The van der Waals surface area contributed by atoms with E-state index in [9.17, 15) is 19.5 Å². The van der Waals surface area contributed by atoms with Crippen LogP contribution in [0.2, 0.25) is 0 Å². The van der Waals surface area contributed by atoms with Gasteiger partial charge in [-0.05, 0) is 58.7 Å². The van der Waals surface area contributed by atoms with Crippen molar-refractivity contribution in [3.05, 3.63) is 69.3 Å². The summed E-state index contributed by atoms with van der Waals surface area (Å²) in [5.41, 5.74) is 1.68. The topological polar surface area (TPSA) is 95.9 Å². The Morgan fingerprint density at radius 1 is 1.13 bits per heavy atom. The van der Waals surface area contributed by atoms with Crippen molar-refractivity contribution in [1.82, 2.24) is 10.2 Å². The molecule has 1 aliphatic heterocycles. The molecule has 0 aliphatic carbocycles. The minimum atomic E-state index is -1.11. The number of hydrogen-bond acceptors (Lipinski definition) is 4. The third-order valence-electron chi connectivity index (χ3n) is 4.94. The van der Waals surface area contributed by atoms with Crippen molar-refractivity contribution < 1.29 is 24.2 Å². The van der Waals surface area contributed by atoms with Crippen molar-refractivity contribution in [2.24, 2.45) is 0 Å². The van der Waals surface area contributed by atoms with Gasteiger partial charge < -0.3 is 15.2 Å². The third-order valence-corrected chi connectivity index (χ3v) is 5.61. The van der Waals surface area contributed by atoms with E-state index in [4.69, 9.17) is 4.74 Å². The highest BCUT2D eigenvalue weighted by molar-refractivity contribution is 14.1. The van der Waals surface area contributed by atoms with E-state index >= 15 is 0 Å². The molecule has 7 nitrogen and oxygen atoms in total. The number of ether oxygens (including phenoxy) is 1. The molecule has 0 saturated carbocycles. The zero-order valence-electron chi connectivity index (χ0n) is 16.3. The van der Waals surface area contributed by atoms with Gasteiger partial charge in [-0.2, -0.15) is 0 Å². The predicted octanol–water partition coefficient (Wildman–Crippen LogP) is 3.20. The molecule has 30 heavy (non-hydrogen) atoms. The molecule has 1 aliphatic rings. The summed E-state index contributed by atoms with van der Waals surface area (Å²) in [5, 5.41) is 12.2. The van der Waals surface area contributed by atoms with Gasteiger partial charge in [-0.1, -0.05) is 42.5 Å². The number of hydrogen-bond donors (Lipinski definition) is 2. The maximum atomic E-state index is 12.8. The highest BCUT2D eigenvalue weighted by Gasteiger charge is 2.36. The van der Waals surface area contributed by atoms with E-state index < -0.39 is 30.1 Å². The van der Waals surface area contributed by atoms with Crippen LogP contribution in [-0.2, 0) is 27.4 Å². The first-order chi connectivity index (χ1) is 14.4. The predicted molar refractivity (Wildman–Crippen MR) is 119 cm³/mol. The van der Waals surface area contributed by atoms with Gasteiger partial charge in [0.05, 0.1) is 0 Å². The summed E-state index contributed by atoms with van der Waals surface area (Å²) in [6.07, 6.45) is 0.735. The first kappa shape index (κ1) is 22.1. The SMILES string of the molecule is O=C(O)[C@H](Cc1cccc(I)c1)NC(=O)[C@H]1CCCN1C(=O)OCc1ccccc1. The zero-order chi connectivity index (χ0) is 21.5. The Balaban J connectivity index is 1.60. The smallest absolute Gasteiger partial charge is 0.410 e. The van der Waals surface area contributed by atoms with Gasteiger partial charge >= 0.3 is 12.1 Å². The standard InChI is InChI=1S/C22H23IN2O5/c23-17-9-4-8-16(12-17)13-18(21(27)28)24-20(26)19-10-5-11-25(19)22(29)30-14-15-6-2-1-3-7-15/h1-4,6-9,12,18-19H,5,10-11,13-14H2,(H,24,26)(H,27,28)/t18-,19+/m0/s1. The molecule has 3 rings (SSSR count). The van der Waals surface area contributed by atoms with Gasteiger partial charge in [-0.15, -0.1) is 0 Å². The van der Waals surface area contributed by atoms with Gasteiger partial charge in [-0.25, -0.2) is 9.59 Å². The van der Waals surface area contributed by atoms with Crippen molar-refractivity contribution in [2.75, 3.05) is 6.54 Å². The second-order valence-corrected chi connectivity index (χ2v) is 8.37. The number of carbonyl (C=O) groups is 3. The number of amides is 2. The minimum absolute atomic E-state index is 0.120. The average Bonchev–Trinajstić information content (AvgIpc) is 3.22. The molecule has 2 N–H and O–H groups in total. The van der Waals surface area contributed by atoms with Crippen LogP contribution in [0.25, 0.3) is 0 Å². The number of halogens is 1. The number of aliphatic carboxylic acids is 1. The Kier molecular flexibility index (Phi) is 7.67. The first-order valence-corrected chi connectivity index (χ1v) is 10.8. The minimum Gasteiger partial charge on any atom is -0.480 e.